The number of anilines is 1. The maximum absolute atomic E-state index is 11.6. The smallest absolute Gasteiger partial charge is 0.239 e. The van der Waals surface area contributed by atoms with E-state index in [1.165, 1.54) is 0 Å². The monoisotopic (exact) mass is 270 g/mol. The second-order valence-electron chi connectivity index (χ2n) is 4.14. The van der Waals surface area contributed by atoms with E-state index in [4.69, 9.17) is 11.6 Å². The molecule has 1 aromatic rings. The van der Waals surface area contributed by atoms with Crippen LogP contribution >= 0.6 is 11.6 Å². The minimum absolute atomic E-state index is 0.0387. The predicted octanol–water partition coefficient (Wildman–Crippen LogP) is 1.79. The van der Waals surface area contributed by atoms with Gasteiger partial charge in [0.15, 0.2) is 0 Å². The molecule has 2 N–H and O–H groups in total. The molecule has 0 atom stereocenters. The molecule has 0 spiro atoms. The Hall–Kier alpha value is -1.26. The number of aliphatic hydroxyl groups excluding tert-OH is 1. The number of carbonyl (C=O) groups excluding carboxylic acids is 1. The average Bonchev–Trinajstić information content (AvgIpc) is 2.36. The van der Waals surface area contributed by atoms with E-state index < -0.39 is 0 Å². The van der Waals surface area contributed by atoms with Crippen LogP contribution in [0.4, 0.5) is 5.69 Å². The molecule has 18 heavy (non-hydrogen) atoms. The molecule has 0 unspecified atom stereocenters. The standard InChI is InChI=1S/C13H19ClN2O2/c1-3-6-15-13(18)8-16(2)12-7-11(14)5-4-10(12)9-17/h4-5,7,17H,3,6,8-9H2,1-2H3,(H,15,18). The molecule has 1 aromatic carbocycles. The van der Waals surface area contributed by atoms with Crippen molar-refractivity contribution in [2.45, 2.75) is 20.0 Å². The van der Waals surface area contributed by atoms with Crippen molar-refractivity contribution in [2.75, 3.05) is 25.0 Å². The summed E-state index contributed by atoms with van der Waals surface area (Å²) in [6, 6.07) is 5.24. The third-order valence-corrected chi connectivity index (χ3v) is 2.82. The molecule has 0 saturated heterocycles. The van der Waals surface area contributed by atoms with Gasteiger partial charge in [0, 0.05) is 29.9 Å². The predicted molar refractivity (Wildman–Crippen MR) is 73.9 cm³/mol. The quantitative estimate of drug-likeness (QED) is 0.829. The molecular formula is C13H19ClN2O2. The lowest BCUT2D eigenvalue weighted by Crippen LogP contribution is -2.35. The second-order valence-corrected chi connectivity index (χ2v) is 4.57. The van der Waals surface area contributed by atoms with E-state index in [0.717, 1.165) is 17.7 Å². The highest BCUT2D eigenvalue weighted by atomic mass is 35.5. The molecule has 0 heterocycles. The van der Waals surface area contributed by atoms with E-state index in [1.807, 2.05) is 6.92 Å². The normalized spacial score (nSPS) is 10.2. The zero-order valence-corrected chi connectivity index (χ0v) is 11.5. The van der Waals surface area contributed by atoms with Crippen LogP contribution < -0.4 is 10.2 Å². The van der Waals surface area contributed by atoms with Crippen molar-refractivity contribution in [1.82, 2.24) is 5.32 Å². The number of amides is 1. The lowest BCUT2D eigenvalue weighted by Gasteiger charge is -2.21. The summed E-state index contributed by atoms with van der Waals surface area (Å²) in [7, 11) is 1.80. The molecule has 0 aliphatic rings. The fourth-order valence-electron chi connectivity index (χ4n) is 1.65. The first-order valence-electron chi connectivity index (χ1n) is 5.95. The van der Waals surface area contributed by atoms with Gasteiger partial charge in [-0.25, -0.2) is 0 Å². The summed E-state index contributed by atoms with van der Waals surface area (Å²) in [6.45, 7) is 2.85. The Morgan fingerprint density at radius 2 is 2.22 bits per heavy atom. The highest BCUT2D eigenvalue weighted by Crippen LogP contribution is 2.23. The largest absolute Gasteiger partial charge is 0.392 e. The Labute approximate surface area is 113 Å². The van der Waals surface area contributed by atoms with E-state index in [1.54, 1.807) is 30.1 Å². The van der Waals surface area contributed by atoms with Crippen LogP contribution in [0.15, 0.2) is 18.2 Å². The zero-order chi connectivity index (χ0) is 13.5. The molecule has 5 heteroatoms. The molecule has 0 aliphatic carbocycles. The van der Waals surface area contributed by atoms with Crippen LogP contribution in [-0.2, 0) is 11.4 Å². The summed E-state index contributed by atoms with van der Waals surface area (Å²) in [5, 5.41) is 12.7. The number of nitrogens with zero attached hydrogens (tertiary/aromatic N) is 1. The first-order valence-corrected chi connectivity index (χ1v) is 6.33. The first-order chi connectivity index (χ1) is 8.58. The number of rotatable bonds is 6. The number of aliphatic hydroxyl groups is 1. The maximum Gasteiger partial charge on any atom is 0.239 e. The van der Waals surface area contributed by atoms with E-state index in [9.17, 15) is 9.90 Å². The minimum atomic E-state index is -0.0760. The average molecular weight is 271 g/mol. The molecular weight excluding hydrogens is 252 g/mol. The Morgan fingerprint density at radius 1 is 1.50 bits per heavy atom. The minimum Gasteiger partial charge on any atom is -0.392 e. The number of hydrogen-bond donors (Lipinski definition) is 2. The van der Waals surface area contributed by atoms with Crippen molar-refractivity contribution in [3.63, 3.8) is 0 Å². The van der Waals surface area contributed by atoms with Gasteiger partial charge >= 0.3 is 0 Å². The van der Waals surface area contributed by atoms with Gasteiger partial charge in [-0.2, -0.15) is 0 Å². The molecule has 0 bridgehead atoms. The molecule has 1 amide bonds. The fourth-order valence-corrected chi connectivity index (χ4v) is 1.81. The number of carbonyl (C=O) groups is 1. The highest BCUT2D eigenvalue weighted by molar-refractivity contribution is 6.30. The fraction of sp³-hybridized carbons (Fsp3) is 0.462. The molecule has 1 rings (SSSR count). The van der Waals surface area contributed by atoms with Crippen molar-refractivity contribution in [1.29, 1.82) is 0 Å². The number of likely N-dealkylation sites (N-methyl/N-ethyl adjacent to an activating group) is 1. The number of halogens is 1. The van der Waals surface area contributed by atoms with Gasteiger partial charge in [-0.15, -0.1) is 0 Å². The lowest BCUT2D eigenvalue weighted by molar-refractivity contribution is -0.119. The third-order valence-electron chi connectivity index (χ3n) is 2.58. The van der Waals surface area contributed by atoms with Crippen molar-refractivity contribution in [3.05, 3.63) is 28.8 Å². The number of hydrogen-bond acceptors (Lipinski definition) is 3. The van der Waals surface area contributed by atoms with Crippen LogP contribution in [0.1, 0.15) is 18.9 Å². The SMILES string of the molecule is CCCNC(=O)CN(C)c1cc(Cl)ccc1CO. The van der Waals surface area contributed by atoms with Gasteiger partial charge in [0.2, 0.25) is 5.91 Å². The van der Waals surface area contributed by atoms with Crippen LogP contribution in [0.25, 0.3) is 0 Å². The van der Waals surface area contributed by atoms with Crippen LogP contribution in [0, 0.1) is 0 Å². The summed E-state index contributed by atoms with van der Waals surface area (Å²) in [5.74, 6) is -0.0387. The molecule has 0 fully saturated rings. The van der Waals surface area contributed by atoms with Gasteiger partial charge in [-0.1, -0.05) is 24.6 Å². The van der Waals surface area contributed by atoms with Crippen LogP contribution in [0.5, 0.6) is 0 Å². The van der Waals surface area contributed by atoms with Crippen LogP contribution in [-0.4, -0.2) is 31.2 Å². The summed E-state index contributed by atoms with van der Waals surface area (Å²) >= 11 is 5.93. The van der Waals surface area contributed by atoms with Crippen molar-refractivity contribution in [2.24, 2.45) is 0 Å². The third kappa shape index (κ3) is 4.20. The van der Waals surface area contributed by atoms with E-state index in [2.05, 4.69) is 5.32 Å². The maximum atomic E-state index is 11.6. The summed E-state index contributed by atoms with van der Waals surface area (Å²) in [6.07, 6.45) is 0.911. The summed E-state index contributed by atoms with van der Waals surface area (Å²) in [5.41, 5.74) is 1.53. The van der Waals surface area contributed by atoms with Crippen LogP contribution in [0.3, 0.4) is 0 Å². The number of nitrogens with one attached hydrogen (secondary N) is 1. The number of benzene rings is 1. The molecule has 0 saturated carbocycles. The second kappa shape index (κ2) is 7.24. The van der Waals surface area contributed by atoms with E-state index in [0.29, 0.717) is 11.6 Å². The van der Waals surface area contributed by atoms with Crippen molar-refractivity contribution < 1.29 is 9.90 Å². The first kappa shape index (κ1) is 14.8. The van der Waals surface area contributed by atoms with Gasteiger partial charge in [0.1, 0.15) is 0 Å². The topological polar surface area (TPSA) is 52.6 Å². The highest BCUT2D eigenvalue weighted by Gasteiger charge is 2.11. The Bertz CT molecular complexity index is 410. The summed E-state index contributed by atoms with van der Waals surface area (Å²) < 4.78 is 0. The Kier molecular flexibility index (Phi) is 5.95. The lowest BCUT2D eigenvalue weighted by atomic mass is 10.1. The van der Waals surface area contributed by atoms with Gasteiger partial charge in [0.25, 0.3) is 0 Å². The molecule has 100 valence electrons. The van der Waals surface area contributed by atoms with Crippen LogP contribution in [0.2, 0.25) is 5.02 Å². The summed E-state index contributed by atoms with van der Waals surface area (Å²) in [4.78, 5) is 13.4. The van der Waals surface area contributed by atoms with Crippen molar-refractivity contribution >= 4 is 23.2 Å². The van der Waals surface area contributed by atoms with Gasteiger partial charge < -0.3 is 15.3 Å². The Morgan fingerprint density at radius 3 is 2.83 bits per heavy atom. The molecule has 0 aliphatic heterocycles. The van der Waals surface area contributed by atoms with Gasteiger partial charge in [-0.05, 0) is 18.6 Å². The zero-order valence-electron chi connectivity index (χ0n) is 10.7. The molecule has 0 radical (unpaired) electrons. The molecule has 4 nitrogen and oxygen atoms in total. The van der Waals surface area contributed by atoms with Gasteiger partial charge in [0.05, 0.1) is 13.2 Å². The Balaban J connectivity index is 2.73. The van der Waals surface area contributed by atoms with Gasteiger partial charge in [-0.3, -0.25) is 4.79 Å². The molecule has 0 aromatic heterocycles. The van der Waals surface area contributed by atoms with Crippen molar-refractivity contribution in [3.8, 4) is 0 Å². The van der Waals surface area contributed by atoms with E-state index in [-0.39, 0.29) is 19.1 Å². The van der Waals surface area contributed by atoms with E-state index >= 15 is 0 Å².